The SMILES string of the molecule is O=C(C=Cc1cccs1)NNC(=O)c1ccccc1[N+](=O)[O-]. The van der Waals surface area contributed by atoms with E-state index in [1.54, 1.807) is 6.08 Å². The molecule has 0 aliphatic carbocycles. The van der Waals surface area contributed by atoms with Crippen LogP contribution in [0.1, 0.15) is 15.2 Å². The molecule has 0 aliphatic rings. The van der Waals surface area contributed by atoms with E-state index in [0.717, 1.165) is 4.88 Å². The minimum Gasteiger partial charge on any atom is -0.268 e. The van der Waals surface area contributed by atoms with Crippen LogP contribution in [0.15, 0.2) is 47.9 Å². The molecule has 112 valence electrons. The minimum atomic E-state index is -0.759. The summed E-state index contributed by atoms with van der Waals surface area (Å²) in [4.78, 5) is 34.5. The van der Waals surface area contributed by atoms with E-state index in [4.69, 9.17) is 0 Å². The van der Waals surface area contributed by atoms with Crippen molar-refractivity contribution in [1.29, 1.82) is 0 Å². The molecule has 1 aromatic heterocycles. The van der Waals surface area contributed by atoms with Gasteiger partial charge in [-0.05, 0) is 23.6 Å². The maximum atomic E-state index is 11.9. The first-order chi connectivity index (χ1) is 10.6. The molecule has 22 heavy (non-hydrogen) atoms. The fourth-order valence-electron chi connectivity index (χ4n) is 1.60. The Morgan fingerprint density at radius 3 is 2.59 bits per heavy atom. The number of nitrogens with zero attached hydrogens (tertiary/aromatic N) is 1. The van der Waals surface area contributed by atoms with Crippen LogP contribution in [0.5, 0.6) is 0 Å². The normalized spacial score (nSPS) is 10.4. The van der Waals surface area contributed by atoms with Crippen molar-refractivity contribution >= 4 is 34.9 Å². The van der Waals surface area contributed by atoms with Crippen molar-refractivity contribution in [3.05, 3.63) is 68.4 Å². The number of carbonyl (C=O) groups is 2. The Labute approximate surface area is 129 Å². The molecule has 2 amide bonds. The van der Waals surface area contributed by atoms with Crippen LogP contribution in [-0.2, 0) is 4.79 Å². The van der Waals surface area contributed by atoms with Gasteiger partial charge in [0, 0.05) is 17.0 Å². The van der Waals surface area contributed by atoms with Crippen molar-refractivity contribution in [1.82, 2.24) is 10.9 Å². The summed E-state index contributed by atoms with van der Waals surface area (Å²) in [6.07, 6.45) is 2.85. The fraction of sp³-hybridized carbons (Fsp3) is 0. The van der Waals surface area contributed by atoms with E-state index in [2.05, 4.69) is 10.9 Å². The third kappa shape index (κ3) is 4.00. The lowest BCUT2D eigenvalue weighted by Gasteiger charge is -2.05. The molecule has 0 spiro atoms. The molecule has 2 aromatic rings. The molecule has 7 nitrogen and oxygen atoms in total. The smallest absolute Gasteiger partial charge is 0.268 e. The van der Waals surface area contributed by atoms with E-state index in [-0.39, 0.29) is 11.3 Å². The lowest BCUT2D eigenvalue weighted by molar-refractivity contribution is -0.385. The van der Waals surface area contributed by atoms with Gasteiger partial charge in [0.15, 0.2) is 0 Å². The molecule has 0 bridgehead atoms. The maximum absolute atomic E-state index is 11.9. The number of thiophene rings is 1. The van der Waals surface area contributed by atoms with Gasteiger partial charge in [0.25, 0.3) is 17.5 Å². The van der Waals surface area contributed by atoms with Gasteiger partial charge < -0.3 is 0 Å². The van der Waals surface area contributed by atoms with Crippen LogP contribution >= 0.6 is 11.3 Å². The Bertz CT molecular complexity index is 725. The highest BCUT2D eigenvalue weighted by Gasteiger charge is 2.19. The van der Waals surface area contributed by atoms with Gasteiger partial charge in [-0.2, -0.15) is 0 Å². The number of hydrazine groups is 1. The Balaban J connectivity index is 1.95. The summed E-state index contributed by atoms with van der Waals surface area (Å²) in [5.41, 5.74) is 3.84. The number of benzene rings is 1. The zero-order valence-electron chi connectivity index (χ0n) is 11.2. The van der Waals surface area contributed by atoms with E-state index < -0.39 is 16.7 Å². The largest absolute Gasteiger partial charge is 0.282 e. The molecule has 1 aromatic carbocycles. The molecule has 0 saturated heterocycles. The van der Waals surface area contributed by atoms with Crippen molar-refractivity contribution in [2.75, 3.05) is 0 Å². The number of amides is 2. The van der Waals surface area contributed by atoms with Gasteiger partial charge in [0.05, 0.1) is 4.92 Å². The first-order valence-corrected chi connectivity index (χ1v) is 7.01. The van der Waals surface area contributed by atoms with Crippen LogP contribution in [-0.4, -0.2) is 16.7 Å². The third-order valence-corrected chi connectivity index (χ3v) is 3.42. The first kappa shape index (κ1) is 15.4. The van der Waals surface area contributed by atoms with Crippen molar-refractivity contribution < 1.29 is 14.5 Å². The van der Waals surface area contributed by atoms with E-state index in [0.29, 0.717) is 0 Å². The number of nitro benzene ring substituents is 1. The average Bonchev–Trinajstić information content (AvgIpc) is 3.04. The molecule has 0 atom stereocenters. The van der Waals surface area contributed by atoms with Crippen molar-refractivity contribution in [3.63, 3.8) is 0 Å². The van der Waals surface area contributed by atoms with Crippen LogP contribution in [0.4, 0.5) is 5.69 Å². The van der Waals surface area contributed by atoms with Crippen LogP contribution in [0.3, 0.4) is 0 Å². The van der Waals surface area contributed by atoms with E-state index in [1.807, 2.05) is 17.5 Å². The predicted octanol–water partition coefficient (Wildman–Crippen LogP) is 2.13. The highest BCUT2D eigenvalue weighted by atomic mass is 32.1. The molecular weight excluding hydrogens is 306 g/mol. The summed E-state index contributed by atoms with van der Waals surface area (Å²) < 4.78 is 0. The van der Waals surface area contributed by atoms with Gasteiger partial charge in [0.2, 0.25) is 0 Å². The molecule has 1 heterocycles. The van der Waals surface area contributed by atoms with Gasteiger partial charge in [-0.3, -0.25) is 30.6 Å². The highest BCUT2D eigenvalue weighted by Crippen LogP contribution is 2.16. The van der Waals surface area contributed by atoms with Gasteiger partial charge in [-0.15, -0.1) is 11.3 Å². The van der Waals surface area contributed by atoms with Gasteiger partial charge in [-0.25, -0.2) is 0 Å². The average molecular weight is 317 g/mol. The van der Waals surface area contributed by atoms with Gasteiger partial charge in [-0.1, -0.05) is 18.2 Å². The molecule has 0 aliphatic heterocycles. The molecule has 2 rings (SSSR count). The molecule has 0 saturated carbocycles. The second kappa shape index (κ2) is 7.14. The number of hydrogen-bond acceptors (Lipinski definition) is 5. The van der Waals surface area contributed by atoms with Gasteiger partial charge in [0.1, 0.15) is 5.56 Å². The van der Waals surface area contributed by atoms with Crippen molar-refractivity contribution in [3.8, 4) is 0 Å². The molecule has 8 heteroatoms. The lowest BCUT2D eigenvalue weighted by Crippen LogP contribution is -2.40. The summed E-state index contributed by atoms with van der Waals surface area (Å²) in [5, 5.41) is 12.7. The van der Waals surface area contributed by atoms with Gasteiger partial charge >= 0.3 is 0 Å². The standard InChI is InChI=1S/C14H11N3O4S/c18-13(8-7-10-4-3-9-22-10)15-16-14(19)11-5-1-2-6-12(11)17(20)21/h1-9H,(H,15,18)(H,16,19). The molecule has 0 fully saturated rings. The lowest BCUT2D eigenvalue weighted by atomic mass is 10.2. The molecule has 2 N–H and O–H groups in total. The molecular formula is C14H11N3O4S. The first-order valence-electron chi connectivity index (χ1n) is 6.13. The predicted molar refractivity (Wildman–Crippen MR) is 82.1 cm³/mol. The van der Waals surface area contributed by atoms with E-state index >= 15 is 0 Å². The van der Waals surface area contributed by atoms with Crippen LogP contribution < -0.4 is 10.9 Å². The summed E-state index contributed by atoms with van der Waals surface area (Å²) >= 11 is 1.46. The Morgan fingerprint density at radius 1 is 1.14 bits per heavy atom. The number of hydrogen-bond donors (Lipinski definition) is 2. The molecule has 0 radical (unpaired) electrons. The highest BCUT2D eigenvalue weighted by molar-refractivity contribution is 7.10. The molecule has 0 unspecified atom stereocenters. The summed E-state index contributed by atoms with van der Waals surface area (Å²) in [6, 6.07) is 9.16. The summed E-state index contributed by atoms with van der Waals surface area (Å²) in [6.45, 7) is 0. The number of rotatable bonds is 4. The fourth-order valence-corrected chi connectivity index (χ4v) is 2.21. The Kier molecular flexibility index (Phi) is 4.99. The zero-order chi connectivity index (χ0) is 15.9. The number of nitro groups is 1. The number of para-hydroxylation sites is 1. The number of carbonyl (C=O) groups excluding carboxylic acids is 2. The van der Waals surface area contributed by atoms with Crippen LogP contribution in [0.2, 0.25) is 0 Å². The maximum Gasteiger partial charge on any atom is 0.282 e. The summed E-state index contributed by atoms with van der Waals surface area (Å²) in [7, 11) is 0. The van der Waals surface area contributed by atoms with Crippen LogP contribution in [0, 0.1) is 10.1 Å². The Hall–Kier alpha value is -3.00. The summed E-state index contributed by atoms with van der Waals surface area (Å²) in [5.74, 6) is -1.30. The quantitative estimate of drug-likeness (QED) is 0.512. The Morgan fingerprint density at radius 2 is 1.91 bits per heavy atom. The van der Waals surface area contributed by atoms with Crippen molar-refractivity contribution in [2.45, 2.75) is 0 Å². The van der Waals surface area contributed by atoms with E-state index in [9.17, 15) is 19.7 Å². The monoisotopic (exact) mass is 317 g/mol. The van der Waals surface area contributed by atoms with E-state index in [1.165, 1.54) is 41.7 Å². The second-order valence-electron chi connectivity index (χ2n) is 4.07. The van der Waals surface area contributed by atoms with Crippen LogP contribution in [0.25, 0.3) is 6.08 Å². The third-order valence-electron chi connectivity index (χ3n) is 2.59. The zero-order valence-corrected chi connectivity index (χ0v) is 12.0. The number of nitrogens with one attached hydrogen (secondary N) is 2. The topological polar surface area (TPSA) is 101 Å². The minimum absolute atomic E-state index is 0.130. The van der Waals surface area contributed by atoms with Crippen molar-refractivity contribution in [2.24, 2.45) is 0 Å². The second-order valence-corrected chi connectivity index (χ2v) is 5.05.